The van der Waals surface area contributed by atoms with Gasteiger partial charge in [0.2, 0.25) is 10.0 Å². The molecule has 3 aromatic rings. The van der Waals surface area contributed by atoms with Crippen molar-refractivity contribution in [3.63, 3.8) is 0 Å². The highest BCUT2D eigenvalue weighted by Crippen LogP contribution is 2.30. The topological polar surface area (TPSA) is 116 Å². The number of nitrogens with zero attached hydrogens (tertiary/aromatic N) is 1. The molecule has 8 heteroatoms. The fraction of sp³-hybridized carbons (Fsp3) is 0.136. The Kier molecular flexibility index (Phi) is 5.19. The van der Waals surface area contributed by atoms with Crippen LogP contribution in [0.1, 0.15) is 15.9 Å². The summed E-state index contributed by atoms with van der Waals surface area (Å²) in [6.45, 7) is 1.16. The van der Waals surface area contributed by atoms with E-state index in [-0.39, 0.29) is 10.8 Å². The van der Waals surface area contributed by atoms with Crippen molar-refractivity contribution in [3.05, 3.63) is 77.9 Å². The van der Waals surface area contributed by atoms with Gasteiger partial charge in [0.15, 0.2) is 0 Å². The largest absolute Gasteiger partial charge is 0.491 e. The predicted octanol–water partition coefficient (Wildman–Crippen LogP) is 2.62. The number of benzene rings is 3. The number of sulfonamides is 1. The van der Waals surface area contributed by atoms with Gasteiger partial charge in [0.25, 0.3) is 5.91 Å². The Labute approximate surface area is 174 Å². The summed E-state index contributed by atoms with van der Waals surface area (Å²) in [5, 5.41) is 5.12. The van der Waals surface area contributed by atoms with Crippen molar-refractivity contribution in [1.29, 1.82) is 0 Å². The number of anilines is 1. The number of nitrogens with two attached hydrogens (primary N) is 2. The number of ether oxygens (including phenoxy) is 1. The number of rotatable bonds is 3. The third-order valence-electron chi connectivity index (χ3n) is 4.98. The Morgan fingerprint density at radius 3 is 2.40 bits per heavy atom. The Morgan fingerprint density at radius 1 is 0.967 bits per heavy atom. The summed E-state index contributed by atoms with van der Waals surface area (Å²) < 4.78 is 28.7. The van der Waals surface area contributed by atoms with Crippen LogP contribution in [0.25, 0.3) is 11.1 Å². The van der Waals surface area contributed by atoms with Crippen molar-refractivity contribution in [3.8, 4) is 16.9 Å². The van der Waals surface area contributed by atoms with E-state index in [1.165, 1.54) is 24.3 Å². The SMILES string of the molecule is Nc1cccc(-c2ccc3c(c2)CN(C(=O)c2ccc(S(N)(=O)=O)cc2)CCO3)c1. The van der Waals surface area contributed by atoms with Gasteiger partial charge in [0.1, 0.15) is 12.4 Å². The molecule has 1 aliphatic rings. The predicted molar refractivity (Wildman–Crippen MR) is 114 cm³/mol. The van der Waals surface area contributed by atoms with E-state index in [0.29, 0.717) is 30.9 Å². The number of amides is 1. The van der Waals surface area contributed by atoms with E-state index >= 15 is 0 Å². The highest BCUT2D eigenvalue weighted by Gasteiger charge is 2.22. The maximum atomic E-state index is 13.0. The molecule has 1 aliphatic heterocycles. The fourth-order valence-corrected chi connectivity index (χ4v) is 3.95. The number of primary sulfonamides is 1. The molecule has 0 saturated carbocycles. The van der Waals surface area contributed by atoms with Crippen LogP contribution in [0.5, 0.6) is 5.75 Å². The first kappa shape index (κ1) is 19.9. The van der Waals surface area contributed by atoms with Crippen LogP contribution < -0.4 is 15.6 Å². The third kappa shape index (κ3) is 4.14. The Balaban J connectivity index is 1.61. The zero-order valence-electron chi connectivity index (χ0n) is 16.1. The van der Waals surface area contributed by atoms with E-state index in [1.54, 1.807) is 4.90 Å². The molecule has 0 fully saturated rings. The molecule has 0 unspecified atom stereocenters. The lowest BCUT2D eigenvalue weighted by atomic mass is 10.0. The van der Waals surface area contributed by atoms with Crippen molar-refractivity contribution in [2.75, 3.05) is 18.9 Å². The summed E-state index contributed by atoms with van der Waals surface area (Å²) in [5.74, 6) is 0.532. The molecule has 0 atom stereocenters. The van der Waals surface area contributed by atoms with Gasteiger partial charge in [-0.25, -0.2) is 13.6 Å². The van der Waals surface area contributed by atoms with E-state index < -0.39 is 10.0 Å². The van der Waals surface area contributed by atoms with Gasteiger partial charge in [-0.1, -0.05) is 18.2 Å². The molecule has 4 N–H and O–H groups in total. The summed E-state index contributed by atoms with van der Waals surface area (Å²) in [7, 11) is -3.80. The van der Waals surface area contributed by atoms with Crippen LogP contribution in [0.2, 0.25) is 0 Å². The molecule has 0 saturated heterocycles. The molecule has 3 aromatic carbocycles. The van der Waals surface area contributed by atoms with Crippen molar-refractivity contribution in [1.82, 2.24) is 4.90 Å². The quantitative estimate of drug-likeness (QED) is 0.628. The monoisotopic (exact) mass is 423 g/mol. The Bertz CT molecular complexity index is 1210. The first-order valence-electron chi connectivity index (χ1n) is 9.35. The van der Waals surface area contributed by atoms with Crippen LogP contribution in [0.4, 0.5) is 5.69 Å². The molecule has 7 nitrogen and oxygen atoms in total. The summed E-state index contributed by atoms with van der Waals surface area (Å²) in [6, 6.07) is 19.1. The second-order valence-electron chi connectivity index (χ2n) is 7.09. The van der Waals surface area contributed by atoms with Gasteiger partial charge in [-0.15, -0.1) is 0 Å². The van der Waals surface area contributed by atoms with Crippen LogP contribution in [0.3, 0.4) is 0 Å². The molecular weight excluding hydrogens is 402 g/mol. The second kappa shape index (κ2) is 7.81. The molecule has 154 valence electrons. The van der Waals surface area contributed by atoms with Gasteiger partial charge in [0, 0.05) is 23.4 Å². The zero-order valence-corrected chi connectivity index (χ0v) is 16.9. The van der Waals surface area contributed by atoms with Gasteiger partial charge in [-0.3, -0.25) is 4.79 Å². The van der Waals surface area contributed by atoms with Crippen LogP contribution in [-0.2, 0) is 16.6 Å². The van der Waals surface area contributed by atoms with Gasteiger partial charge in [-0.2, -0.15) is 0 Å². The average Bonchev–Trinajstić information content (AvgIpc) is 2.94. The van der Waals surface area contributed by atoms with E-state index in [1.807, 2.05) is 42.5 Å². The Morgan fingerprint density at radius 2 is 1.70 bits per heavy atom. The van der Waals surface area contributed by atoms with Crippen LogP contribution in [0, 0.1) is 0 Å². The molecule has 0 spiro atoms. The number of fused-ring (bicyclic) bond motifs is 1. The maximum Gasteiger partial charge on any atom is 0.254 e. The molecule has 0 bridgehead atoms. The first-order valence-corrected chi connectivity index (χ1v) is 10.9. The zero-order chi connectivity index (χ0) is 21.3. The molecule has 0 aromatic heterocycles. The summed E-state index contributed by atoms with van der Waals surface area (Å²) in [5.41, 5.74) is 9.82. The highest BCUT2D eigenvalue weighted by atomic mass is 32.2. The molecule has 0 aliphatic carbocycles. The van der Waals surface area contributed by atoms with E-state index in [0.717, 1.165) is 22.4 Å². The van der Waals surface area contributed by atoms with Gasteiger partial charge in [0.05, 0.1) is 11.4 Å². The molecule has 0 radical (unpaired) electrons. The lowest BCUT2D eigenvalue weighted by Crippen LogP contribution is -2.32. The first-order chi connectivity index (χ1) is 14.3. The highest BCUT2D eigenvalue weighted by molar-refractivity contribution is 7.89. The minimum atomic E-state index is -3.80. The molecule has 4 rings (SSSR count). The van der Waals surface area contributed by atoms with Crippen LogP contribution in [-0.4, -0.2) is 32.4 Å². The van der Waals surface area contributed by atoms with Crippen LogP contribution in [0.15, 0.2) is 71.6 Å². The van der Waals surface area contributed by atoms with Crippen molar-refractivity contribution in [2.24, 2.45) is 5.14 Å². The maximum absolute atomic E-state index is 13.0. The average molecular weight is 423 g/mol. The van der Waals surface area contributed by atoms with E-state index in [4.69, 9.17) is 15.6 Å². The Hall–Kier alpha value is -3.36. The minimum absolute atomic E-state index is 0.0321. The number of carbonyl (C=O) groups excluding carboxylic acids is 1. The summed E-state index contributed by atoms with van der Waals surface area (Å²) >= 11 is 0. The third-order valence-corrected chi connectivity index (χ3v) is 5.91. The van der Waals surface area contributed by atoms with Gasteiger partial charge < -0.3 is 15.4 Å². The lowest BCUT2D eigenvalue weighted by molar-refractivity contribution is 0.0733. The molecular formula is C22H21N3O4S. The normalized spacial score (nSPS) is 13.8. The van der Waals surface area contributed by atoms with Gasteiger partial charge in [-0.05, 0) is 59.7 Å². The summed E-state index contributed by atoms with van der Waals surface area (Å²) in [4.78, 5) is 14.6. The van der Waals surface area contributed by atoms with Crippen molar-refractivity contribution in [2.45, 2.75) is 11.4 Å². The van der Waals surface area contributed by atoms with E-state index in [9.17, 15) is 13.2 Å². The summed E-state index contributed by atoms with van der Waals surface area (Å²) in [6.07, 6.45) is 0. The fourth-order valence-electron chi connectivity index (χ4n) is 3.44. The number of hydrogen-bond acceptors (Lipinski definition) is 5. The number of nitrogen functional groups attached to an aromatic ring is 1. The van der Waals surface area contributed by atoms with E-state index in [2.05, 4.69) is 0 Å². The smallest absolute Gasteiger partial charge is 0.254 e. The number of carbonyl (C=O) groups is 1. The second-order valence-corrected chi connectivity index (χ2v) is 8.65. The number of hydrogen-bond donors (Lipinski definition) is 2. The molecule has 30 heavy (non-hydrogen) atoms. The molecule has 1 amide bonds. The van der Waals surface area contributed by atoms with Crippen LogP contribution >= 0.6 is 0 Å². The molecule has 1 heterocycles. The van der Waals surface area contributed by atoms with Crippen molar-refractivity contribution < 1.29 is 17.9 Å². The lowest BCUT2D eigenvalue weighted by Gasteiger charge is -2.20. The minimum Gasteiger partial charge on any atom is -0.491 e. The van der Waals surface area contributed by atoms with Crippen molar-refractivity contribution >= 4 is 21.6 Å². The van der Waals surface area contributed by atoms with Gasteiger partial charge >= 0.3 is 0 Å². The standard InChI is InChI=1S/C22H21N3O4S/c23-19-3-1-2-16(13-19)17-6-9-21-18(12-17)14-25(10-11-29-21)22(26)15-4-7-20(8-5-15)30(24,27)28/h1-9,12-13H,10-11,14,23H2,(H2,24,27,28).